The van der Waals surface area contributed by atoms with Crippen molar-refractivity contribution >= 4 is 0 Å². The predicted molar refractivity (Wildman–Crippen MR) is 69.5 cm³/mol. The van der Waals surface area contributed by atoms with Crippen LogP contribution in [0, 0.1) is 11.6 Å². The lowest BCUT2D eigenvalue weighted by atomic mass is 10.0. The molecule has 1 aromatic carbocycles. The highest BCUT2D eigenvalue weighted by Crippen LogP contribution is 2.23. The van der Waals surface area contributed by atoms with E-state index in [-0.39, 0.29) is 5.82 Å². The van der Waals surface area contributed by atoms with Gasteiger partial charge < -0.3 is 5.32 Å². The minimum absolute atomic E-state index is 0.269. The Balaban J connectivity index is 1.81. The second-order valence-electron chi connectivity index (χ2n) is 4.85. The Hall–Kier alpha value is -1.81. The number of hydrogen-bond acceptors (Lipinski definition) is 2. The van der Waals surface area contributed by atoms with Crippen LogP contribution in [0.2, 0.25) is 0 Å². The van der Waals surface area contributed by atoms with Crippen molar-refractivity contribution in [1.29, 1.82) is 0 Å². The maximum absolute atomic E-state index is 14.0. The van der Waals surface area contributed by atoms with Gasteiger partial charge in [-0.1, -0.05) is 12.1 Å². The van der Waals surface area contributed by atoms with Gasteiger partial charge in [-0.05, 0) is 30.5 Å². The monoisotopic (exact) mass is 260 g/mol. The van der Waals surface area contributed by atoms with E-state index in [4.69, 9.17) is 0 Å². The molecular formula is C15H14F2N2. The molecule has 0 unspecified atom stereocenters. The molecule has 1 heterocycles. The van der Waals surface area contributed by atoms with Gasteiger partial charge in [0.2, 0.25) is 0 Å². The molecule has 3 rings (SSSR count). The number of nitrogens with zero attached hydrogens (tertiary/aromatic N) is 1. The first-order chi connectivity index (χ1) is 9.22. The molecule has 98 valence electrons. The molecule has 0 bridgehead atoms. The van der Waals surface area contributed by atoms with Crippen LogP contribution in [-0.2, 0) is 6.54 Å². The van der Waals surface area contributed by atoms with Gasteiger partial charge in [0, 0.05) is 29.9 Å². The van der Waals surface area contributed by atoms with Crippen molar-refractivity contribution in [2.45, 2.75) is 25.4 Å². The molecule has 1 N–H and O–H groups in total. The third kappa shape index (κ3) is 2.96. The topological polar surface area (TPSA) is 24.9 Å². The summed E-state index contributed by atoms with van der Waals surface area (Å²) in [6.45, 7) is 0.540. The van der Waals surface area contributed by atoms with E-state index in [0.29, 0.717) is 29.3 Å². The van der Waals surface area contributed by atoms with E-state index < -0.39 is 5.82 Å². The van der Waals surface area contributed by atoms with Crippen LogP contribution in [0.5, 0.6) is 0 Å². The van der Waals surface area contributed by atoms with Gasteiger partial charge in [0.05, 0.1) is 6.20 Å². The lowest BCUT2D eigenvalue weighted by Gasteiger charge is -2.07. The molecule has 2 aromatic rings. The Morgan fingerprint density at radius 1 is 1.11 bits per heavy atom. The highest BCUT2D eigenvalue weighted by Gasteiger charge is 2.20. The first-order valence-electron chi connectivity index (χ1n) is 6.35. The van der Waals surface area contributed by atoms with Gasteiger partial charge >= 0.3 is 0 Å². The van der Waals surface area contributed by atoms with E-state index in [1.54, 1.807) is 12.1 Å². The highest BCUT2D eigenvalue weighted by atomic mass is 19.1. The summed E-state index contributed by atoms with van der Waals surface area (Å²) < 4.78 is 27.0. The van der Waals surface area contributed by atoms with Crippen molar-refractivity contribution in [3.63, 3.8) is 0 Å². The summed E-state index contributed by atoms with van der Waals surface area (Å²) in [5.41, 5.74) is 1.86. The van der Waals surface area contributed by atoms with Crippen molar-refractivity contribution in [3.8, 4) is 11.1 Å². The molecule has 0 spiro atoms. The molecule has 0 saturated heterocycles. The number of aromatic nitrogens is 1. The van der Waals surface area contributed by atoms with Crippen molar-refractivity contribution in [2.24, 2.45) is 0 Å². The highest BCUT2D eigenvalue weighted by molar-refractivity contribution is 5.62. The molecule has 0 radical (unpaired) electrons. The first kappa shape index (κ1) is 12.2. The number of hydrogen-bond donors (Lipinski definition) is 1. The molecule has 1 saturated carbocycles. The molecule has 1 aromatic heterocycles. The van der Waals surface area contributed by atoms with Crippen LogP contribution in [0.15, 0.2) is 36.7 Å². The zero-order chi connectivity index (χ0) is 13.2. The van der Waals surface area contributed by atoms with Gasteiger partial charge in [-0.15, -0.1) is 0 Å². The van der Waals surface area contributed by atoms with E-state index >= 15 is 0 Å². The summed E-state index contributed by atoms with van der Waals surface area (Å²) >= 11 is 0. The summed E-state index contributed by atoms with van der Waals surface area (Å²) in [7, 11) is 0. The molecule has 1 aliphatic rings. The molecule has 0 atom stereocenters. The summed E-state index contributed by atoms with van der Waals surface area (Å²) in [6.07, 6.45) is 5.01. The van der Waals surface area contributed by atoms with E-state index in [1.807, 2.05) is 0 Å². The van der Waals surface area contributed by atoms with Gasteiger partial charge in [0.25, 0.3) is 0 Å². The lowest BCUT2D eigenvalue weighted by molar-refractivity contribution is 0.587. The van der Waals surface area contributed by atoms with Gasteiger partial charge in [-0.3, -0.25) is 4.98 Å². The Labute approximate surface area is 110 Å². The smallest absolute Gasteiger partial charge is 0.142 e. The van der Waals surface area contributed by atoms with Crippen molar-refractivity contribution in [2.75, 3.05) is 0 Å². The lowest BCUT2D eigenvalue weighted by Crippen LogP contribution is -2.16. The Morgan fingerprint density at radius 3 is 2.63 bits per heavy atom. The second-order valence-corrected chi connectivity index (χ2v) is 4.85. The largest absolute Gasteiger partial charge is 0.310 e. The molecule has 2 nitrogen and oxygen atoms in total. The molecule has 19 heavy (non-hydrogen) atoms. The second kappa shape index (κ2) is 5.05. The number of halogens is 2. The normalized spacial score (nSPS) is 14.6. The van der Waals surface area contributed by atoms with Crippen LogP contribution in [0.25, 0.3) is 11.1 Å². The summed E-state index contributed by atoms with van der Waals surface area (Å²) in [5.74, 6) is -0.688. The van der Waals surface area contributed by atoms with Crippen LogP contribution < -0.4 is 5.32 Å². The van der Waals surface area contributed by atoms with Gasteiger partial charge in [-0.25, -0.2) is 8.78 Å². The number of nitrogens with one attached hydrogen (secondary N) is 1. The fourth-order valence-electron chi connectivity index (χ4n) is 1.98. The first-order valence-corrected chi connectivity index (χ1v) is 6.35. The standard InChI is InChI=1S/C15H14F2N2/c16-13-5-12(7-18-9-13)10-1-2-11(15(17)6-10)8-19-14-3-4-14/h1-2,5-7,9,14,19H,3-4,8H2. The summed E-state index contributed by atoms with van der Waals surface area (Å²) in [4.78, 5) is 3.77. The van der Waals surface area contributed by atoms with Gasteiger partial charge in [0.1, 0.15) is 11.6 Å². The SMILES string of the molecule is Fc1cncc(-c2ccc(CNC3CC3)c(F)c2)c1. The number of rotatable bonds is 4. The third-order valence-electron chi connectivity index (χ3n) is 3.25. The van der Waals surface area contributed by atoms with E-state index in [1.165, 1.54) is 31.2 Å². The molecule has 0 amide bonds. The van der Waals surface area contributed by atoms with Crippen LogP contribution in [0.3, 0.4) is 0 Å². The molecule has 1 fully saturated rings. The minimum atomic E-state index is -0.419. The number of benzene rings is 1. The maximum atomic E-state index is 14.0. The van der Waals surface area contributed by atoms with Crippen LogP contribution in [0.1, 0.15) is 18.4 Å². The minimum Gasteiger partial charge on any atom is -0.310 e. The van der Waals surface area contributed by atoms with Crippen molar-refractivity contribution < 1.29 is 8.78 Å². The van der Waals surface area contributed by atoms with E-state index in [0.717, 1.165) is 6.20 Å². The molecule has 0 aliphatic heterocycles. The predicted octanol–water partition coefficient (Wildman–Crippen LogP) is 3.28. The average molecular weight is 260 g/mol. The zero-order valence-corrected chi connectivity index (χ0v) is 10.4. The fourth-order valence-corrected chi connectivity index (χ4v) is 1.98. The Morgan fingerprint density at radius 2 is 1.95 bits per heavy atom. The van der Waals surface area contributed by atoms with Crippen molar-refractivity contribution in [1.82, 2.24) is 10.3 Å². The van der Waals surface area contributed by atoms with Crippen LogP contribution in [-0.4, -0.2) is 11.0 Å². The molecule has 4 heteroatoms. The summed E-state index contributed by atoms with van der Waals surface area (Å²) in [5, 5.41) is 3.27. The Kier molecular flexibility index (Phi) is 3.25. The fraction of sp³-hybridized carbons (Fsp3) is 0.267. The third-order valence-corrected chi connectivity index (χ3v) is 3.25. The van der Waals surface area contributed by atoms with E-state index in [2.05, 4.69) is 10.3 Å². The van der Waals surface area contributed by atoms with Crippen LogP contribution >= 0.6 is 0 Å². The van der Waals surface area contributed by atoms with Gasteiger partial charge in [-0.2, -0.15) is 0 Å². The van der Waals surface area contributed by atoms with Crippen molar-refractivity contribution in [3.05, 3.63) is 53.9 Å². The molecule has 1 aliphatic carbocycles. The van der Waals surface area contributed by atoms with Gasteiger partial charge in [0.15, 0.2) is 0 Å². The summed E-state index contributed by atoms with van der Waals surface area (Å²) in [6, 6.07) is 6.87. The average Bonchev–Trinajstić information content (AvgIpc) is 3.21. The maximum Gasteiger partial charge on any atom is 0.142 e. The number of pyridine rings is 1. The Bertz CT molecular complexity index is 594. The molecular weight excluding hydrogens is 246 g/mol. The quantitative estimate of drug-likeness (QED) is 0.912. The van der Waals surface area contributed by atoms with E-state index in [9.17, 15) is 8.78 Å². The van der Waals surface area contributed by atoms with Crippen LogP contribution in [0.4, 0.5) is 8.78 Å². The zero-order valence-electron chi connectivity index (χ0n) is 10.4.